The van der Waals surface area contributed by atoms with E-state index in [9.17, 15) is 22.7 Å². The number of hydrogen-bond acceptors (Lipinski definition) is 5. The molecular formula is C22H27FN2O5S. The second-order valence-electron chi connectivity index (χ2n) is 7.79. The van der Waals surface area contributed by atoms with Gasteiger partial charge in [0.15, 0.2) is 11.5 Å². The number of carbonyl (C=O) groups is 1. The van der Waals surface area contributed by atoms with Gasteiger partial charge in [-0.3, -0.25) is 4.79 Å². The van der Waals surface area contributed by atoms with Crippen LogP contribution in [-0.4, -0.2) is 32.6 Å². The van der Waals surface area contributed by atoms with E-state index in [1.807, 2.05) is 6.92 Å². The Balaban J connectivity index is 1.54. The number of phenolic OH excluding ortho intramolecular Hbond substituents is 1. The molecule has 1 fully saturated rings. The van der Waals surface area contributed by atoms with Crippen molar-refractivity contribution in [2.24, 2.45) is 5.92 Å². The van der Waals surface area contributed by atoms with E-state index >= 15 is 0 Å². The lowest BCUT2D eigenvalue weighted by molar-refractivity contribution is -0.126. The molecule has 1 amide bonds. The minimum absolute atomic E-state index is 0.00939. The summed E-state index contributed by atoms with van der Waals surface area (Å²) in [5.41, 5.74) is 0.820. The van der Waals surface area contributed by atoms with Gasteiger partial charge in [-0.1, -0.05) is 12.1 Å². The van der Waals surface area contributed by atoms with Crippen molar-refractivity contribution in [3.8, 4) is 11.5 Å². The number of sulfonamides is 1. The molecule has 0 saturated heterocycles. The maximum Gasteiger partial charge on any atom is 0.240 e. The van der Waals surface area contributed by atoms with E-state index in [2.05, 4.69) is 10.0 Å². The van der Waals surface area contributed by atoms with Crippen molar-refractivity contribution >= 4 is 15.9 Å². The van der Waals surface area contributed by atoms with Crippen LogP contribution in [0.5, 0.6) is 11.5 Å². The number of halogens is 1. The summed E-state index contributed by atoms with van der Waals surface area (Å²) in [6.45, 7) is 1.84. The summed E-state index contributed by atoms with van der Waals surface area (Å²) in [7, 11) is -2.43. The monoisotopic (exact) mass is 450 g/mol. The standard InChI is InChI=1S/C22H27FN2O5S/c1-14(15-3-7-17(23)8-4-15)24-22(27)16-5-9-18(10-6-16)25-31(28,29)19-11-12-20(26)21(13-19)30-2/h3-4,7-8,11-14,16,18,25-26H,5-6,9-10H2,1-2H3,(H,24,27)/t14-,16-,18-/m1/s1. The van der Waals surface area contributed by atoms with Crippen LogP contribution in [0.15, 0.2) is 47.4 Å². The van der Waals surface area contributed by atoms with Gasteiger partial charge < -0.3 is 15.2 Å². The fourth-order valence-corrected chi connectivity index (χ4v) is 5.07. The number of ether oxygens (including phenoxy) is 1. The molecule has 3 N–H and O–H groups in total. The Hall–Kier alpha value is -2.65. The predicted molar refractivity (Wildman–Crippen MR) is 114 cm³/mol. The Morgan fingerprint density at radius 3 is 2.39 bits per heavy atom. The number of methoxy groups -OCH3 is 1. The Morgan fingerprint density at radius 1 is 1.13 bits per heavy atom. The first-order chi connectivity index (χ1) is 14.7. The Bertz CT molecular complexity index is 1020. The van der Waals surface area contributed by atoms with E-state index in [1.54, 1.807) is 12.1 Å². The number of carbonyl (C=O) groups excluding carboxylic acids is 1. The highest BCUT2D eigenvalue weighted by Gasteiger charge is 2.30. The van der Waals surface area contributed by atoms with Crippen molar-refractivity contribution in [2.45, 2.75) is 49.6 Å². The second kappa shape index (κ2) is 9.65. The molecule has 2 aromatic rings. The Morgan fingerprint density at radius 2 is 1.77 bits per heavy atom. The summed E-state index contributed by atoms with van der Waals surface area (Å²) in [6.07, 6.45) is 2.21. The van der Waals surface area contributed by atoms with Crippen molar-refractivity contribution in [3.05, 3.63) is 53.8 Å². The lowest BCUT2D eigenvalue weighted by Crippen LogP contribution is -2.41. The molecule has 0 radical (unpaired) electrons. The van der Waals surface area contributed by atoms with E-state index in [4.69, 9.17) is 4.74 Å². The van der Waals surface area contributed by atoms with Crippen LogP contribution in [0.1, 0.15) is 44.2 Å². The maximum atomic E-state index is 13.1. The van der Waals surface area contributed by atoms with Gasteiger partial charge in [0.05, 0.1) is 18.0 Å². The molecule has 9 heteroatoms. The highest BCUT2D eigenvalue weighted by atomic mass is 32.2. The van der Waals surface area contributed by atoms with E-state index in [0.717, 1.165) is 5.56 Å². The van der Waals surface area contributed by atoms with Crippen LogP contribution in [0.3, 0.4) is 0 Å². The quantitative estimate of drug-likeness (QED) is 0.601. The van der Waals surface area contributed by atoms with Crippen LogP contribution >= 0.6 is 0 Å². The van der Waals surface area contributed by atoms with Gasteiger partial charge in [0, 0.05) is 18.0 Å². The van der Waals surface area contributed by atoms with Gasteiger partial charge in [0.2, 0.25) is 15.9 Å². The average molecular weight is 451 g/mol. The molecular weight excluding hydrogens is 423 g/mol. The molecule has 31 heavy (non-hydrogen) atoms. The number of rotatable bonds is 7. The van der Waals surface area contributed by atoms with Gasteiger partial charge in [-0.25, -0.2) is 17.5 Å². The highest BCUT2D eigenvalue weighted by Crippen LogP contribution is 2.30. The molecule has 168 valence electrons. The predicted octanol–water partition coefficient (Wildman–Crippen LogP) is 3.25. The van der Waals surface area contributed by atoms with Gasteiger partial charge in [-0.05, 0) is 62.4 Å². The van der Waals surface area contributed by atoms with E-state index in [1.165, 1.54) is 37.4 Å². The van der Waals surface area contributed by atoms with Crippen molar-refractivity contribution in [1.82, 2.24) is 10.0 Å². The van der Waals surface area contributed by atoms with Gasteiger partial charge in [-0.2, -0.15) is 0 Å². The van der Waals surface area contributed by atoms with Crippen molar-refractivity contribution in [3.63, 3.8) is 0 Å². The number of hydrogen-bond donors (Lipinski definition) is 3. The van der Waals surface area contributed by atoms with Crippen LogP contribution in [0.25, 0.3) is 0 Å². The fourth-order valence-electron chi connectivity index (χ4n) is 3.75. The fraction of sp³-hybridized carbons (Fsp3) is 0.409. The van der Waals surface area contributed by atoms with Gasteiger partial charge in [0.25, 0.3) is 0 Å². The first-order valence-electron chi connectivity index (χ1n) is 10.1. The molecule has 0 aliphatic heterocycles. The molecule has 0 unspecified atom stereocenters. The van der Waals surface area contributed by atoms with Crippen molar-refractivity contribution in [2.75, 3.05) is 7.11 Å². The molecule has 1 aliphatic rings. The van der Waals surface area contributed by atoms with Crippen LogP contribution in [0.4, 0.5) is 4.39 Å². The van der Waals surface area contributed by atoms with Crippen molar-refractivity contribution < 1.29 is 27.4 Å². The molecule has 0 bridgehead atoms. The molecule has 1 saturated carbocycles. The summed E-state index contributed by atoms with van der Waals surface area (Å²) >= 11 is 0. The number of nitrogens with one attached hydrogen (secondary N) is 2. The smallest absolute Gasteiger partial charge is 0.240 e. The molecule has 3 rings (SSSR count). The summed E-state index contributed by atoms with van der Waals surface area (Å²) in [5, 5.41) is 12.6. The molecule has 0 heterocycles. The summed E-state index contributed by atoms with van der Waals surface area (Å²) in [6, 6.07) is 9.35. The number of benzene rings is 2. The zero-order chi connectivity index (χ0) is 22.6. The SMILES string of the molecule is COc1cc(S(=O)(=O)N[C@H]2CC[C@H](C(=O)N[C@H](C)c3ccc(F)cc3)CC2)ccc1O. The van der Waals surface area contributed by atoms with Crippen molar-refractivity contribution in [1.29, 1.82) is 0 Å². The summed E-state index contributed by atoms with van der Waals surface area (Å²) < 4.78 is 46.1. The average Bonchev–Trinajstić information content (AvgIpc) is 2.74. The minimum Gasteiger partial charge on any atom is -0.504 e. The molecule has 0 spiro atoms. The van der Waals surface area contributed by atoms with Crippen LogP contribution in [-0.2, 0) is 14.8 Å². The van der Waals surface area contributed by atoms with Gasteiger partial charge in [0.1, 0.15) is 5.82 Å². The lowest BCUT2D eigenvalue weighted by Gasteiger charge is -2.29. The molecule has 0 aromatic heterocycles. The summed E-state index contributed by atoms with van der Waals surface area (Å²) in [5.74, 6) is -0.658. The van der Waals surface area contributed by atoms with Crippen LogP contribution in [0.2, 0.25) is 0 Å². The number of aromatic hydroxyl groups is 1. The van der Waals surface area contributed by atoms with E-state index < -0.39 is 10.0 Å². The second-order valence-corrected chi connectivity index (χ2v) is 9.50. The topological polar surface area (TPSA) is 105 Å². The lowest BCUT2D eigenvalue weighted by atomic mass is 9.85. The summed E-state index contributed by atoms with van der Waals surface area (Å²) in [4.78, 5) is 12.6. The number of phenols is 1. The normalized spacial score (nSPS) is 20.1. The first-order valence-corrected chi connectivity index (χ1v) is 11.6. The van der Waals surface area contributed by atoms with Crippen LogP contribution in [0, 0.1) is 11.7 Å². The maximum absolute atomic E-state index is 13.1. The van der Waals surface area contributed by atoms with Gasteiger partial charge >= 0.3 is 0 Å². The van der Waals surface area contributed by atoms with E-state index in [0.29, 0.717) is 25.7 Å². The molecule has 1 atom stereocenters. The first kappa shape index (κ1) is 23.0. The largest absolute Gasteiger partial charge is 0.504 e. The van der Waals surface area contributed by atoms with E-state index in [-0.39, 0.29) is 46.1 Å². The third kappa shape index (κ3) is 5.74. The Kier molecular flexibility index (Phi) is 7.17. The molecule has 1 aliphatic carbocycles. The zero-order valence-corrected chi connectivity index (χ0v) is 18.3. The third-order valence-corrected chi connectivity index (χ3v) is 7.13. The number of amides is 1. The minimum atomic E-state index is -3.78. The Labute approximate surface area is 181 Å². The molecule has 7 nitrogen and oxygen atoms in total. The van der Waals surface area contributed by atoms with Gasteiger partial charge in [-0.15, -0.1) is 0 Å². The van der Waals surface area contributed by atoms with Crippen LogP contribution < -0.4 is 14.8 Å². The molecule has 2 aromatic carbocycles. The zero-order valence-electron chi connectivity index (χ0n) is 17.5. The highest BCUT2D eigenvalue weighted by molar-refractivity contribution is 7.89. The third-order valence-electron chi connectivity index (χ3n) is 5.61.